The lowest BCUT2D eigenvalue weighted by Gasteiger charge is -2.32. The predicted molar refractivity (Wildman–Crippen MR) is 165 cm³/mol. The van der Waals surface area contributed by atoms with Crippen LogP contribution in [0.4, 0.5) is 5.69 Å². The number of aryl methyl sites for hydroxylation is 1. The molecule has 1 saturated heterocycles. The standard InChI is InChI=1S/C29H29Cl2N5O2S2/c1-35-10-7-21(16-35)28(38)33-23-4-2-3-20(14-23)26-17-39-29(34-26)40-18-27(37)32-22-8-11-36(12-9-22)15-19-5-6-24(30)25(31)13-19/h2-7,10,13-14,16-17,22H,8-9,11-12,15,18H2,1H3,(H,32,37)(H,33,38). The fourth-order valence-corrected chi connectivity index (χ4v) is 6.55. The fourth-order valence-electron chi connectivity index (χ4n) is 4.58. The lowest BCUT2D eigenvalue weighted by molar-refractivity contribution is -0.119. The van der Waals surface area contributed by atoms with E-state index in [1.807, 2.05) is 65.7 Å². The Morgan fingerprint density at radius 1 is 1.10 bits per heavy atom. The molecule has 0 saturated carbocycles. The Kier molecular flexibility index (Phi) is 9.49. The molecule has 5 rings (SSSR count). The van der Waals surface area contributed by atoms with Crippen LogP contribution in [0.5, 0.6) is 0 Å². The van der Waals surface area contributed by atoms with Gasteiger partial charge in [0.1, 0.15) is 0 Å². The number of anilines is 1. The van der Waals surface area contributed by atoms with Crippen LogP contribution in [0.2, 0.25) is 10.0 Å². The first kappa shape index (κ1) is 28.7. The van der Waals surface area contributed by atoms with E-state index in [0.717, 1.165) is 53.6 Å². The first-order valence-corrected chi connectivity index (χ1v) is 15.5. The van der Waals surface area contributed by atoms with Crippen molar-refractivity contribution in [3.8, 4) is 11.3 Å². The van der Waals surface area contributed by atoms with Crippen molar-refractivity contribution in [2.24, 2.45) is 7.05 Å². The third-order valence-corrected chi connectivity index (χ3v) is 9.42. The van der Waals surface area contributed by atoms with Gasteiger partial charge in [-0.05, 0) is 48.7 Å². The molecule has 1 aliphatic heterocycles. The summed E-state index contributed by atoms with van der Waals surface area (Å²) in [7, 11) is 1.88. The minimum atomic E-state index is -0.157. The van der Waals surface area contributed by atoms with Gasteiger partial charge in [0.15, 0.2) is 4.34 Å². The summed E-state index contributed by atoms with van der Waals surface area (Å²) >= 11 is 15.1. The first-order chi connectivity index (χ1) is 19.3. The minimum absolute atomic E-state index is 0.0234. The van der Waals surface area contributed by atoms with Gasteiger partial charge in [0.25, 0.3) is 5.91 Å². The maximum Gasteiger partial charge on any atom is 0.257 e. The zero-order valence-corrected chi connectivity index (χ0v) is 25.0. The smallest absolute Gasteiger partial charge is 0.257 e. The van der Waals surface area contributed by atoms with Gasteiger partial charge in [0, 0.05) is 61.7 Å². The second-order valence-corrected chi connectivity index (χ2v) is 12.6. The van der Waals surface area contributed by atoms with E-state index in [-0.39, 0.29) is 17.9 Å². The molecule has 0 bridgehead atoms. The summed E-state index contributed by atoms with van der Waals surface area (Å²) in [5, 5.41) is 9.23. The van der Waals surface area contributed by atoms with Crippen LogP contribution in [0, 0.1) is 0 Å². The maximum absolute atomic E-state index is 12.6. The van der Waals surface area contributed by atoms with Gasteiger partial charge in [0.2, 0.25) is 5.91 Å². The van der Waals surface area contributed by atoms with Crippen LogP contribution >= 0.6 is 46.3 Å². The number of carbonyl (C=O) groups is 2. The zero-order valence-electron chi connectivity index (χ0n) is 21.9. The number of rotatable bonds is 9. The highest BCUT2D eigenvalue weighted by molar-refractivity contribution is 8.01. The molecule has 3 heterocycles. The molecule has 2 aromatic carbocycles. The van der Waals surface area contributed by atoms with Crippen molar-refractivity contribution in [1.82, 2.24) is 19.8 Å². The van der Waals surface area contributed by atoms with Crippen LogP contribution < -0.4 is 10.6 Å². The number of benzene rings is 2. The van der Waals surface area contributed by atoms with Crippen molar-refractivity contribution < 1.29 is 9.59 Å². The molecule has 4 aromatic rings. The zero-order chi connectivity index (χ0) is 28.1. The van der Waals surface area contributed by atoms with E-state index in [0.29, 0.717) is 27.0 Å². The number of amides is 2. The Morgan fingerprint density at radius 2 is 1.93 bits per heavy atom. The van der Waals surface area contributed by atoms with E-state index in [9.17, 15) is 9.59 Å². The first-order valence-electron chi connectivity index (χ1n) is 12.9. The highest BCUT2D eigenvalue weighted by atomic mass is 35.5. The molecule has 0 aliphatic carbocycles. The van der Waals surface area contributed by atoms with Gasteiger partial charge in [-0.2, -0.15) is 0 Å². The molecule has 208 valence electrons. The molecular weight excluding hydrogens is 585 g/mol. The Labute approximate surface area is 251 Å². The number of aromatic nitrogens is 2. The number of hydrogen-bond acceptors (Lipinski definition) is 6. The molecule has 11 heteroatoms. The molecular formula is C29H29Cl2N5O2S2. The molecule has 2 N–H and O–H groups in total. The fraction of sp³-hybridized carbons (Fsp3) is 0.276. The van der Waals surface area contributed by atoms with Gasteiger partial charge in [0.05, 0.1) is 27.1 Å². The number of likely N-dealkylation sites (tertiary alicyclic amines) is 1. The van der Waals surface area contributed by atoms with E-state index >= 15 is 0 Å². The summed E-state index contributed by atoms with van der Waals surface area (Å²) < 4.78 is 2.67. The highest BCUT2D eigenvalue weighted by Crippen LogP contribution is 2.30. The van der Waals surface area contributed by atoms with Crippen LogP contribution in [-0.4, -0.2) is 51.1 Å². The Bertz CT molecular complexity index is 1500. The lowest BCUT2D eigenvalue weighted by atomic mass is 10.0. The maximum atomic E-state index is 12.6. The number of halogens is 2. The van der Waals surface area contributed by atoms with Gasteiger partial charge in [-0.1, -0.05) is 53.2 Å². The molecule has 0 unspecified atom stereocenters. The Balaban J connectivity index is 1.07. The summed E-state index contributed by atoms with van der Waals surface area (Å²) in [6, 6.07) is 15.3. The van der Waals surface area contributed by atoms with E-state index in [1.165, 1.54) is 23.1 Å². The van der Waals surface area contributed by atoms with E-state index in [4.69, 9.17) is 28.2 Å². The lowest BCUT2D eigenvalue weighted by Crippen LogP contribution is -2.44. The van der Waals surface area contributed by atoms with Gasteiger partial charge >= 0.3 is 0 Å². The van der Waals surface area contributed by atoms with Crippen LogP contribution in [0.15, 0.2) is 70.6 Å². The monoisotopic (exact) mass is 613 g/mol. The minimum Gasteiger partial charge on any atom is -0.356 e. The SMILES string of the molecule is Cn1ccc(C(=O)Nc2cccc(-c3csc(SCC(=O)NC4CCN(Cc5ccc(Cl)c(Cl)c5)CC4)n3)c2)c1. The molecule has 1 aliphatic rings. The normalized spacial score (nSPS) is 14.3. The largest absolute Gasteiger partial charge is 0.356 e. The molecule has 2 aromatic heterocycles. The number of nitrogens with one attached hydrogen (secondary N) is 2. The Morgan fingerprint density at radius 3 is 2.67 bits per heavy atom. The van der Waals surface area contributed by atoms with Crippen molar-refractivity contribution in [2.75, 3.05) is 24.2 Å². The van der Waals surface area contributed by atoms with Crippen molar-refractivity contribution in [3.05, 3.63) is 87.5 Å². The van der Waals surface area contributed by atoms with Gasteiger partial charge in [-0.3, -0.25) is 14.5 Å². The Hall–Kier alpha value is -2.82. The third-order valence-electron chi connectivity index (χ3n) is 6.66. The van der Waals surface area contributed by atoms with Crippen molar-refractivity contribution in [2.45, 2.75) is 29.8 Å². The summed E-state index contributed by atoms with van der Waals surface area (Å²) in [5.74, 6) is 0.189. The number of piperidine rings is 1. The van der Waals surface area contributed by atoms with E-state index in [1.54, 1.807) is 12.3 Å². The molecule has 7 nitrogen and oxygen atoms in total. The van der Waals surface area contributed by atoms with Crippen molar-refractivity contribution >= 4 is 63.8 Å². The molecule has 0 atom stereocenters. The molecule has 40 heavy (non-hydrogen) atoms. The topological polar surface area (TPSA) is 79.3 Å². The van der Waals surface area contributed by atoms with Crippen LogP contribution in [0.3, 0.4) is 0 Å². The number of thiazole rings is 1. The predicted octanol–water partition coefficient (Wildman–Crippen LogP) is 6.58. The number of hydrogen-bond donors (Lipinski definition) is 2. The molecule has 1 fully saturated rings. The van der Waals surface area contributed by atoms with E-state index < -0.39 is 0 Å². The summed E-state index contributed by atoms with van der Waals surface area (Å²) in [6.45, 7) is 2.65. The average Bonchev–Trinajstić information content (AvgIpc) is 3.60. The van der Waals surface area contributed by atoms with Crippen LogP contribution in [0.25, 0.3) is 11.3 Å². The van der Waals surface area contributed by atoms with E-state index in [2.05, 4.69) is 15.5 Å². The summed E-state index contributed by atoms with van der Waals surface area (Å²) in [5.41, 5.74) is 4.17. The number of carbonyl (C=O) groups excluding carboxylic acids is 2. The second kappa shape index (κ2) is 13.2. The quantitative estimate of drug-likeness (QED) is 0.208. The average molecular weight is 615 g/mol. The summed E-state index contributed by atoms with van der Waals surface area (Å²) in [6.07, 6.45) is 5.44. The van der Waals surface area contributed by atoms with Gasteiger partial charge in [-0.15, -0.1) is 11.3 Å². The van der Waals surface area contributed by atoms with Gasteiger partial charge in [-0.25, -0.2) is 4.98 Å². The van der Waals surface area contributed by atoms with Crippen LogP contribution in [-0.2, 0) is 18.4 Å². The third kappa shape index (κ3) is 7.67. The van der Waals surface area contributed by atoms with Crippen LogP contribution in [0.1, 0.15) is 28.8 Å². The van der Waals surface area contributed by atoms with Gasteiger partial charge < -0.3 is 15.2 Å². The highest BCUT2D eigenvalue weighted by Gasteiger charge is 2.21. The van der Waals surface area contributed by atoms with Crippen molar-refractivity contribution in [1.29, 1.82) is 0 Å². The molecule has 0 radical (unpaired) electrons. The molecule has 0 spiro atoms. The summed E-state index contributed by atoms with van der Waals surface area (Å²) in [4.78, 5) is 32.2. The number of thioether (sulfide) groups is 1. The number of nitrogens with zero attached hydrogens (tertiary/aromatic N) is 3. The second-order valence-electron chi connectivity index (χ2n) is 9.75. The molecule has 2 amide bonds. The van der Waals surface area contributed by atoms with Crippen molar-refractivity contribution in [3.63, 3.8) is 0 Å².